The first-order chi connectivity index (χ1) is 11.4. The summed E-state index contributed by atoms with van der Waals surface area (Å²) in [4.78, 5) is 18.7. The summed E-state index contributed by atoms with van der Waals surface area (Å²) in [5.41, 5.74) is 0. The van der Waals surface area contributed by atoms with Crippen LogP contribution < -0.4 is 0 Å². The van der Waals surface area contributed by atoms with Gasteiger partial charge in [-0.1, -0.05) is 24.0 Å². The molecule has 1 unspecified atom stereocenters. The van der Waals surface area contributed by atoms with Crippen molar-refractivity contribution >= 4 is 44.0 Å². The predicted molar refractivity (Wildman–Crippen MR) is 101 cm³/mol. The van der Waals surface area contributed by atoms with E-state index >= 15 is 0 Å². The van der Waals surface area contributed by atoms with Crippen LogP contribution in [0.5, 0.6) is 0 Å². The Bertz CT molecular complexity index is 582. The van der Waals surface area contributed by atoms with Crippen LogP contribution in [0.1, 0.15) is 19.3 Å². The summed E-state index contributed by atoms with van der Waals surface area (Å²) < 4.78 is 24.1. The fourth-order valence-corrected chi connectivity index (χ4v) is 6.52. The smallest absolute Gasteiger partial charge is 0.233 e. The minimum atomic E-state index is -2.85. The molecule has 1 atom stereocenters. The molecule has 0 aliphatic carbocycles. The van der Waals surface area contributed by atoms with Gasteiger partial charge in [-0.25, -0.2) is 8.42 Å². The molecule has 3 heterocycles. The number of hydrogen-bond acceptors (Lipinski definition) is 6. The molecule has 136 valence electrons. The fourth-order valence-electron chi connectivity index (χ4n) is 3.61. The van der Waals surface area contributed by atoms with E-state index in [-0.39, 0.29) is 17.7 Å². The first kappa shape index (κ1) is 18.4. The Balaban J connectivity index is 1.39. The van der Waals surface area contributed by atoms with E-state index in [0.717, 1.165) is 36.9 Å². The van der Waals surface area contributed by atoms with Crippen LogP contribution in [0.4, 0.5) is 0 Å². The van der Waals surface area contributed by atoms with Crippen molar-refractivity contribution in [3.8, 4) is 0 Å². The van der Waals surface area contributed by atoms with Gasteiger partial charge < -0.3 is 9.80 Å². The minimum absolute atomic E-state index is 0.139. The maximum Gasteiger partial charge on any atom is 0.233 e. The standard InChI is InChI=1S/C15H25N3O3S3/c19-14(11-23-15(22)18-4-1-2-5-18)17-8-6-16(7-9-17)13-3-10-24(20,21)12-13/h13H,1-12H2. The van der Waals surface area contributed by atoms with Gasteiger partial charge in [-0.05, 0) is 19.3 Å². The lowest BCUT2D eigenvalue weighted by molar-refractivity contribution is -0.130. The van der Waals surface area contributed by atoms with Gasteiger partial charge >= 0.3 is 0 Å². The molecule has 0 N–H and O–H groups in total. The molecule has 3 aliphatic heterocycles. The summed E-state index contributed by atoms with van der Waals surface area (Å²) in [5, 5.41) is 0. The normalized spacial score (nSPS) is 27.6. The molecule has 0 radical (unpaired) electrons. The fraction of sp³-hybridized carbons (Fsp3) is 0.867. The van der Waals surface area contributed by atoms with Gasteiger partial charge in [0, 0.05) is 45.3 Å². The van der Waals surface area contributed by atoms with E-state index in [1.165, 1.54) is 24.6 Å². The molecule has 3 saturated heterocycles. The second-order valence-electron chi connectivity index (χ2n) is 6.72. The number of amides is 1. The number of rotatable bonds is 3. The Labute approximate surface area is 153 Å². The van der Waals surface area contributed by atoms with Crippen molar-refractivity contribution < 1.29 is 13.2 Å². The highest BCUT2D eigenvalue weighted by Crippen LogP contribution is 2.20. The van der Waals surface area contributed by atoms with E-state index in [1.807, 2.05) is 4.90 Å². The van der Waals surface area contributed by atoms with Crippen molar-refractivity contribution in [2.75, 3.05) is 56.5 Å². The third-order valence-electron chi connectivity index (χ3n) is 5.08. The number of nitrogens with zero attached hydrogens (tertiary/aromatic N) is 3. The summed E-state index contributed by atoms with van der Waals surface area (Å²) in [7, 11) is -2.85. The van der Waals surface area contributed by atoms with Crippen molar-refractivity contribution in [2.45, 2.75) is 25.3 Å². The summed E-state index contributed by atoms with van der Waals surface area (Å²) in [5.74, 6) is 1.13. The van der Waals surface area contributed by atoms with Crippen molar-refractivity contribution in [3.63, 3.8) is 0 Å². The number of carbonyl (C=O) groups is 1. The van der Waals surface area contributed by atoms with E-state index < -0.39 is 9.84 Å². The molecule has 0 saturated carbocycles. The van der Waals surface area contributed by atoms with Gasteiger partial charge in [0.15, 0.2) is 9.84 Å². The SMILES string of the molecule is O=C(CSC(=S)N1CCCC1)N1CCN(C2CCS(=O)(=O)C2)CC1. The summed E-state index contributed by atoms with van der Waals surface area (Å²) in [6.07, 6.45) is 3.11. The van der Waals surface area contributed by atoms with Crippen LogP contribution in [-0.4, -0.2) is 95.9 Å². The molecule has 0 bridgehead atoms. The molecule has 0 aromatic heterocycles. The molecule has 3 rings (SSSR count). The van der Waals surface area contributed by atoms with Gasteiger partial charge in [-0.2, -0.15) is 0 Å². The van der Waals surface area contributed by atoms with Crippen LogP contribution in [0.25, 0.3) is 0 Å². The summed E-state index contributed by atoms with van der Waals surface area (Å²) in [6.45, 7) is 4.95. The molecule has 0 aromatic rings. The molecule has 3 aliphatic rings. The minimum Gasteiger partial charge on any atom is -0.358 e. The van der Waals surface area contributed by atoms with Gasteiger partial charge in [-0.15, -0.1) is 0 Å². The first-order valence-electron chi connectivity index (χ1n) is 8.58. The Hall–Kier alpha value is -0.380. The Morgan fingerprint density at radius 2 is 1.71 bits per heavy atom. The number of piperazine rings is 1. The first-order valence-corrected chi connectivity index (χ1v) is 11.8. The molecule has 1 amide bonds. The lowest BCUT2D eigenvalue weighted by Crippen LogP contribution is -2.52. The Morgan fingerprint density at radius 3 is 2.29 bits per heavy atom. The summed E-state index contributed by atoms with van der Waals surface area (Å²) >= 11 is 6.87. The lowest BCUT2D eigenvalue weighted by atomic mass is 10.2. The van der Waals surface area contributed by atoms with Gasteiger partial charge in [0.25, 0.3) is 0 Å². The van der Waals surface area contributed by atoms with E-state index in [0.29, 0.717) is 24.6 Å². The van der Waals surface area contributed by atoms with E-state index in [1.54, 1.807) is 0 Å². The summed E-state index contributed by atoms with van der Waals surface area (Å²) in [6, 6.07) is 0.143. The third kappa shape index (κ3) is 4.62. The number of likely N-dealkylation sites (tertiary alicyclic amines) is 1. The number of sulfone groups is 1. The Morgan fingerprint density at radius 1 is 1.04 bits per heavy atom. The monoisotopic (exact) mass is 391 g/mol. The van der Waals surface area contributed by atoms with E-state index in [4.69, 9.17) is 12.2 Å². The van der Waals surface area contributed by atoms with Gasteiger partial charge in [0.05, 0.1) is 17.3 Å². The molecular weight excluding hydrogens is 366 g/mol. The van der Waals surface area contributed by atoms with E-state index in [2.05, 4.69) is 9.80 Å². The highest BCUT2D eigenvalue weighted by atomic mass is 32.2. The quantitative estimate of drug-likeness (QED) is 0.647. The van der Waals surface area contributed by atoms with Crippen LogP contribution >= 0.6 is 24.0 Å². The molecule has 9 heteroatoms. The third-order valence-corrected chi connectivity index (χ3v) is 8.33. The van der Waals surface area contributed by atoms with Crippen LogP contribution in [-0.2, 0) is 14.6 Å². The number of thioether (sulfide) groups is 1. The van der Waals surface area contributed by atoms with Crippen molar-refractivity contribution in [1.29, 1.82) is 0 Å². The van der Waals surface area contributed by atoms with Crippen molar-refractivity contribution in [2.24, 2.45) is 0 Å². The molecule has 0 aromatic carbocycles. The topological polar surface area (TPSA) is 60.9 Å². The molecule has 0 spiro atoms. The Kier molecular flexibility index (Phi) is 6.05. The average molecular weight is 392 g/mol. The predicted octanol–water partition coefficient (Wildman–Crippen LogP) is 0.432. The van der Waals surface area contributed by atoms with Crippen LogP contribution in [0, 0.1) is 0 Å². The van der Waals surface area contributed by atoms with Gasteiger partial charge in [-0.3, -0.25) is 9.69 Å². The highest BCUT2D eigenvalue weighted by molar-refractivity contribution is 8.23. The maximum absolute atomic E-state index is 12.4. The highest BCUT2D eigenvalue weighted by Gasteiger charge is 2.34. The van der Waals surface area contributed by atoms with Crippen molar-refractivity contribution in [3.05, 3.63) is 0 Å². The second kappa shape index (κ2) is 7.88. The van der Waals surface area contributed by atoms with Crippen LogP contribution in [0.2, 0.25) is 0 Å². The average Bonchev–Trinajstić information content (AvgIpc) is 3.22. The van der Waals surface area contributed by atoms with Gasteiger partial charge in [0.2, 0.25) is 5.91 Å². The van der Waals surface area contributed by atoms with Crippen molar-refractivity contribution in [1.82, 2.24) is 14.7 Å². The van der Waals surface area contributed by atoms with Gasteiger partial charge in [0.1, 0.15) is 4.32 Å². The number of thiocarbonyl (C=S) groups is 1. The number of carbonyl (C=O) groups excluding carboxylic acids is 1. The molecule has 24 heavy (non-hydrogen) atoms. The van der Waals surface area contributed by atoms with Crippen LogP contribution in [0.3, 0.4) is 0 Å². The maximum atomic E-state index is 12.4. The lowest BCUT2D eigenvalue weighted by Gasteiger charge is -2.37. The zero-order valence-corrected chi connectivity index (χ0v) is 16.3. The molecular formula is C15H25N3O3S3. The van der Waals surface area contributed by atoms with E-state index in [9.17, 15) is 13.2 Å². The largest absolute Gasteiger partial charge is 0.358 e. The molecule has 3 fully saturated rings. The zero-order chi connectivity index (χ0) is 17.2. The second-order valence-corrected chi connectivity index (χ2v) is 10.6. The molecule has 6 nitrogen and oxygen atoms in total. The number of hydrogen-bond donors (Lipinski definition) is 0. The zero-order valence-electron chi connectivity index (χ0n) is 13.9. The van der Waals surface area contributed by atoms with Crippen LogP contribution in [0.15, 0.2) is 0 Å².